The van der Waals surface area contributed by atoms with Gasteiger partial charge in [0.2, 0.25) is 10.0 Å². The molecule has 1 amide bonds. The third kappa shape index (κ3) is 2.98. The van der Waals surface area contributed by atoms with Crippen LogP contribution in [0.1, 0.15) is 10.5 Å². The minimum Gasteiger partial charge on any atom is -0.321 e. The van der Waals surface area contributed by atoms with Crippen molar-refractivity contribution in [2.24, 2.45) is 12.2 Å². The van der Waals surface area contributed by atoms with E-state index in [9.17, 15) is 13.2 Å². The summed E-state index contributed by atoms with van der Waals surface area (Å²) in [4.78, 5) is 11.8. The number of anilines is 1. The Hall–Kier alpha value is -2.19. The summed E-state index contributed by atoms with van der Waals surface area (Å²) in [5.41, 5.74) is 0.707. The summed E-state index contributed by atoms with van der Waals surface area (Å²) in [7, 11) is -2.16. The zero-order valence-corrected chi connectivity index (χ0v) is 10.9. The Labute approximate surface area is 110 Å². The molecular formula is C11H12N4O3S. The third-order valence-electron chi connectivity index (χ3n) is 2.47. The van der Waals surface area contributed by atoms with Gasteiger partial charge in [-0.25, -0.2) is 13.6 Å². The topological polar surface area (TPSA) is 107 Å². The van der Waals surface area contributed by atoms with Crippen LogP contribution >= 0.6 is 0 Å². The van der Waals surface area contributed by atoms with Crippen LogP contribution in [-0.2, 0) is 17.1 Å². The van der Waals surface area contributed by atoms with Crippen molar-refractivity contribution >= 4 is 21.6 Å². The zero-order valence-electron chi connectivity index (χ0n) is 10.1. The van der Waals surface area contributed by atoms with Crippen molar-refractivity contribution in [1.29, 1.82) is 0 Å². The molecule has 0 bridgehead atoms. The summed E-state index contributed by atoms with van der Waals surface area (Å²) in [6, 6.07) is 7.28. The van der Waals surface area contributed by atoms with E-state index in [-0.39, 0.29) is 10.8 Å². The van der Waals surface area contributed by atoms with Gasteiger partial charge in [-0.2, -0.15) is 5.10 Å². The summed E-state index contributed by atoms with van der Waals surface area (Å²) in [5, 5.41) is 11.5. The van der Waals surface area contributed by atoms with Crippen LogP contribution in [0.4, 0.5) is 5.69 Å². The number of nitrogens with one attached hydrogen (secondary N) is 1. The summed E-state index contributed by atoms with van der Waals surface area (Å²) in [6.07, 6.45) is 1.50. The van der Waals surface area contributed by atoms with Gasteiger partial charge in [0.15, 0.2) is 0 Å². The second kappa shape index (κ2) is 4.82. The molecule has 0 saturated carbocycles. The van der Waals surface area contributed by atoms with Gasteiger partial charge >= 0.3 is 0 Å². The van der Waals surface area contributed by atoms with Gasteiger partial charge in [0, 0.05) is 18.9 Å². The SMILES string of the molecule is Cn1nccc1C(=O)Nc1cccc(S(N)(=O)=O)c1. The van der Waals surface area contributed by atoms with E-state index in [0.29, 0.717) is 11.4 Å². The molecular weight excluding hydrogens is 268 g/mol. The average molecular weight is 280 g/mol. The fourth-order valence-electron chi connectivity index (χ4n) is 1.54. The second-order valence-corrected chi connectivity index (χ2v) is 5.43. The van der Waals surface area contributed by atoms with Crippen molar-refractivity contribution in [2.75, 3.05) is 5.32 Å². The highest BCUT2D eigenvalue weighted by molar-refractivity contribution is 7.89. The van der Waals surface area contributed by atoms with Crippen LogP contribution in [0.15, 0.2) is 41.4 Å². The molecule has 19 heavy (non-hydrogen) atoms. The van der Waals surface area contributed by atoms with E-state index in [1.165, 1.54) is 29.1 Å². The van der Waals surface area contributed by atoms with E-state index in [4.69, 9.17) is 5.14 Å². The number of nitrogens with two attached hydrogens (primary N) is 1. The van der Waals surface area contributed by atoms with Crippen molar-refractivity contribution in [3.05, 3.63) is 42.2 Å². The number of rotatable bonds is 3. The van der Waals surface area contributed by atoms with E-state index >= 15 is 0 Å². The van der Waals surface area contributed by atoms with Crippen molar-refractivity contribution in [2.45, 2.75) is 4.90 Å². The number of primary sulfonamides is 1. The Morgan fingerprint density at radius 3 is 2.68 bits per heavy atom. The van der Waals surface area contributed by atoms with Crippen LogP contribution in [-0.4, -0.2) is 24.1 Å². The lowest BCUT2D eigenvalue weighted by molar-refractivity contribution is 0.101. The average Bonchev–Trinajstić information content (AvgIpc) is 2.75. The fourth-order valence-corrected chi connectivity index (χ4v) is 2.10. The Morgan fingerprint density at radius 2 is 2.11 bits per heavy atom. The Bertz CT molecular complexity index is 721. The lowest BCUT2D eigenvalue weighted by Crippen LogP contribution is -2.17. The molecule has 8 heteroatoms. The number of amides is 1. The van der Waals surface area contributed by atoms with Crippen LogP contribution in [0.25, 0.3) is 0 Å². The monoisotopic (exact) mass is 280 g/mol. The van der Waals surface area contributed by atoms with Crippen LogP contribution < -0.4 is 10.5 Å². The third-order valence-corrected chi connectivity index (χ3v) is 3.38. The van der Waals surface area contributed by atoms with Crippen LogP contribution in [0.3, 0.4) is 0 Å². The van der Waals surface area contributed by atoms with E-state index < -0.39 is 10.0 Å². The van der Waals surface area contributed by atoms with Gasteiger partial charge in [-0.1, -0.05) is 6.07 Å². The molecule has 0 radical (unpaired) electrons. The minimum atomic E-state index is -3.79. The molecule has 1 aromatic heterocycles. The molecule has 1 aromatic carbocycles. The molecule has 0 saturated heterocycles. The van der Waals surface area contributed by atoms with Gasteiger partial charge in [0.25, 0.3) is 5.91 Å². The Kier molecular flexibility index (Phi) is 3.36. The van der Waals surface area contributed by atoms with Crippen molar-refractivity contribution < 1.29 is 13.2 Å². The summed E-state index contributed by atoms with van der Waals surface area (Å²) < 4.78 is 23.8. The number of hydrogen-bond acceptors (Lipinski definition) is 4. The number of benzene rings is 1. The number of aromatic nitrogens is 2. The molecule has 0 unspecified atom stereocenters. The number of carbonyl (C=O) groups excluding carboxylic acids is 1. The summed E-state index contributed by atoms with van der Waals surface area (Å²) in [5.74, 6) is -0.383. The van der Waals surface area contributed by atoms with Gasteiger partial charge in [-0.05, 0) is 24.3 Å². The molecule has 100 valence electrons. The first-order chi connectivity index (χ1) is 8.88. The molecule has 3 N–H and O–H groups in total. The van der Waals surface area contributed by atoms with Crippen molar-refractivity contribution in [3.8, 4) is 0 Å². The van der Waals surface area contributed by atoms with Crippen LogP contribution in [0.5, 0.6) is 0 Å². The van der Waals surface area contributed by atoms with Crippen molar-refractivity contribution in [3.63, 3.8) is 0 Å². The van der Waals surface area contributed by atoms with Gasteiger partial charge in [-0.3, -0.25) is 9.48 Å². The van der Waals surface area contributed by atoms with Gasteiger partial charge in [0.1, 0.15) is 5.69 Å². The lowest BCUT2D eigenvalue weighted by atomic mass is 10.3. The number of sulfonamides is 1. The molecule has 0 atom stereocenters. The first kappa shape index (κ1) is 13.2. The maximum absolute atomic E-state index is 11.9. The van der Waals surface area contributed by atoms with Gasteiger partial charge in [0.05, 0.1) is 4.90 Å². The molecule has 2 rings (SSSR count). The number of aryl methyl sites for hydroxylation is 1. The van der Waals surface area contributed by atoms with Crippen LogP contribution in [0.2, 0.25) is 0 Å². The molecule has 0 fully saturated rings. The van der Waals surface area contributed by atoms with E-state index in [0.717, 1.165) is 0 Å². The highest BCUT2D eigenvalue weighted by Crippen LogP contribution is 2.15. The Balaban J connectivity index is 2.25. The highest BCUT2D eigenvalue weighted by atomic mass is 32.2. The molecule has 0 spiro atoms. The van der Waals surface area contributed by atoms with Gasteiger partial charge in [-0.15, -0.1) is 0 Å². The number of nitrogens with zero attached hydrogens (tertiary/aromatic N) is 2. The van der Waals surface area contributed by atoms with Gasteiger partial charge < -0.3 is 5.32 Å². The minimum absolute atomic E-state index is 0.0599. The standard InChI is InChI=1S/C11H12N4O3S/c1-15-10(5-6-13-15)11(16)14-8-3-2-4-9(7-8)19(12,17)18/h2-7H,1H3,(H,14,16)(H2,12,17,18). The molecule has 1 heterocycles. The highest BCUT2D eigenvalue weighted by Gasteiger charge is 2.12. The number of hydrogen-bond donors (Lipinski definition) is 2. The predicted molar refractivity (Wildman–Crippen MR) is 69.0 cm³/mol. The van der Waals surface area contributed by atoms with E-state index in [1.807, 2.05) is 0 Å². The molecule has 0 aliphatic rings. The van der Waals surface area contributed by atoms with Crippen molar-refractivity contribution in [1.82, 2.24) is 9.78 Å². The fraction of sp³-hybridized carbons (Fsp3) is 0.0909. The zero-order chi connectivity index (χ0) is 14.0. The van der Waals surface area contributed by atoms with Crippen LogP contribution in [0, 0.1) is 0 Å². The Morgan fingerprint density at radius 1 is 1.37 bits per heavy atom. The largest absolute Gasteiger partial charge is 0.321 e. The van der Waals surface area contributed by atoms with E-state index in [1.54, 1.807) is 19.2 Å². The first-order valence-corrected chi connectivity index (χ1v) is 6.85. The number of carbonyl (C=O) groups is 1. The maximum Gasteiger partial charge on any atom is 0.273 e. The van der Waals surface area contributed by atoms with E-state index in [2.05, 4.69) is 10.4 Å². The first-order valence-electron chi connectivity index (χ1n) is 5.30. The molecule has 2 aromatic rings. The maximum atomic E-state index is 11.9. The second-order valence-electron chi connectivity index (χ2n) is 3.87. The predicted octanol–water partition coefficient (Wildman–Crippen LogP) is 0.320. The molecule has 0 aliphatic carbocycles. The molecule has 0 aliphatic heterocycles. The lowest BCUT2D eigenvalue weighted by Gasteiger charge is -2.06. The quantitative estimate of drug-likeness (QED) is 0.844. The molecule has 7 nitrogen and oxygen atoms in total. The normalized spacial score (nSPS) is 11.3. The smallest absolute Gasteiger partial charge is 0.273 e. The summed E-state index contributed by atoms with van der Waals surface area (Å²) in [6.45, 7) is 0. The summed E-state index contributed by atoms with van der Waals surface area (Å²) >= 11 is 0.